The van der Waals surface area contributed by atoms with Crippen LogP contribution in [0.15, 0.2) is 78.2 Å². The third-order valence-electron chi connectivity index (χ3n) is 5.48. The summed E-state index contributed by atoms with van der Waals surface area (Å²) < 4.78 is 7.47. The Hall–Kier alpha value is -4.33. The molecule has 0 atom stereocenters. The summed E-state index contributed by atoms with van der Waals surface area (Å²) in [5.74, 6) is 0.558. The Labute approximate surface area is 191 Å². The van der Waals surface area contributed by atoms with Crippen molar-refractivity contribution in [2.45, 2.75) is 13.0 Å². The Morgan fingerprint density at radius 1 is 1.12 bits per heavy atom. The van der Waals surface area contributed by atoms with Gasteiger partial charge in [-0.2, -0.15) is 0 Å². The molecule has 33 heavy (non-hydrogen) atoms. The predicted octanol–water partition coefficient (Wildman–Crippen LogP) is 3.16. The van der Waals surface area contributed by atoms with Crippen LogP contribution in [0.4, 0.5) is 0 Å². The zero-order valence-electron chi connectivity index (χ0n) is 18.2. The van der Waals surface area contributed by atoms with E-state index in [0.29, 0.717) is 36.5 Å². The average Bonchev–Trinajstić information content (AvgIpc) is 3.22. The minimum Gasteiger partial charge on any atom is -0.496 e. The number of pyridine rings is 1. The highest BCUT2D eigenvalue weighted by molar-refractivity contribution is 6.00. The number of oxime groups is 1. The maximum Gasteiger partial charge on any atom is 0.267 e. The summed E-state index contributed by atoms with van der Waals surface area (Å²) in [5, 5.41) is 16.0. The standard InChI is InChI=1S/C25H25N5O3/c1-33-23-7-3-6-21-20(23)15-22(25(31)28-13-10-17-8-11-27-12-9-17)30(21)16-18-4-2-5-19(14-18)24(26)29-32/h2-9,11-12,14-15,32H,10,13,16H2,1H3,(H2,26,29)(H,28,31). The summed E-state index contributed by atoms with van der Waals surface area (Å²) >= 11 is 0. The number of nitrogens with one attached hydrogen (secondary N) is 1. The molecule has 0 radical (unpaired) electrons. The number of fused-ring (bicyclic) bond motifs is 1. The van der Waals surface area contributed by atoms with Crippen LogP contribution in [0.3, 0.4) is 0 Å². The van der Waals surface area contributed by atoms with E-state index in [2.05, 4.69) is 15.5 Å². The molecule has 2 aromatic carbocycles. The average molecular weight is 444 g/mol. The Balaban J connectivity index is 1.66. The second kappa shape index (κ2) is 9.86. The molecule has 1 amide bonds. The van der Waals surface area contributed by atoms with Gasteiger partial charge in [0.2, 0.25) is 0 Å². The molecular formula is C25H25N5O3. The fraction of sp³-hybridized carbons (Fsp3) is 0.160. The van der Waals surface area contributed by atoms with Crippen LogP contribution in [0, 0.1) is 0 Å². The van der Waals surface area contributed by atoms with Crippen LogP contribution in [-0.4, -0.2) is 40.2 Å². The van der Waals surface area contributed by atoms with E-state index in [1.165, 1.54) is 0 Å². The third kappa shape index (κ3) is 4.79. The van der Waals surface area contributed by atoms with Crippen LogP contribution in [0.1, 0.15) is 27.2 Å². The lowest BCUT2D eigenvalue weighted by molar-refractivity contribution is 0.0946. The van der Waals surface area contributed by atoms with Crippen LogP contribution >= 0.6 is 0 Å². The summed E-state index contributed by atoms with van der Waals surface area (Å²) in [6.07, 6.45) is 4.19. The molecule has 0 fully saturated rings. The number of carbonyl (C=O) groups excluding carboxylic acids is 1. The highest BCUT2D eigenvalue weighted by atomic mass is 16.5. The molecule has 168 valence electrons. The third-order valence-corrected chi connectivity index (χ3v) is 5.48. The maximum absolute atomic E-state index is 13.2. The summed E-state index contributed by atoms with van der Waals surface area (Å²) in [6, 6.07) is 18.8. The van der Waals surface area contributed by atoms with E-state index in [-0.39, 0.29) is 11.7 Å². The molecule has 0 aliphatic carbocycles. The van der Waals surface area contributed by atoms with E-state index in [9.17, 15) is 4.79 Å². The molecular weight excluding hydrogens is 418 g/mol. The first-order valence-corrected chi connectivity index (χ1v) is 10.5. The number of nitrogens with zero attached hydrogens (tertiary/aromatic N) is 3. The molecule has 2 heterocycles. The van der Waals surface area contributed by atoms with Gasteiger partial charge < -0.3 is 25.6 Å². The number of benzene rings is 2. The number of methoxy groups -OCH3 is 1. The zero-order chi connectivity index (χ0) is 23.2. The fourth-order valence-electron chi connectivity index (χ4n) is 3.82. The number of hydrogen-bond donors (Lipinski definition) is 3. The van der Waals surface area contributed by atoms with Gasteiger partial charge in [0.05, 0.1) is 12.6 Å². The lowest BCUT2D eigenvalue weighted by Crippen LogP contribution is -2.28. The van der Waals surface area contributed by atoms with Gasteiger partial charge >= 0.3 is 0 Å². The largest absolute Gasteiger partial charge is 0.496 e. The number of hydrogen-bond acceptors (Lipinski definition) is 5. The van der Waals surface area contributed by atoms with Gasteiger partial charge in [-0.1, -0.05) is 29.4 Å². The Kier molecular flexibility index (Phi) is 6.54. The van der Waals surface area contributed by atoms with Crippen molar-refractivity contribution in [2.24, 2.45) is 10.9 Å². The predicted molar refractivity (Wildman–Crippen MR) is 127 cm³/mol. The van der Waals surface area contributed by atoms with Crippen molar-refractivity contribution >= 4 is 22.6 Å². The van der Waals surface area contributed by atoms with E-state index in [0.717, 1.165) is 22.0 Å². The molecule has 4 rings (SSSR count). The van der Waals surface area contributed by atoms with Gasteiger partial charge in [-0.15, -0.1) is 0 Å². The van der Waals surface area contributed by atoms with E-state index in [1.54, 1.807) is 25.6 Å². The highest BCUT2D eigenvalue weighted by Crippen LogP contribution is 2.29. The van der Waals surface area contributed by atoms with Crippen molar-refractivity contribution in [2.75, 3.05) is 13.7 Å². The number of aromatic nitrogens is 2. The van der Waals surface area contributed by atoms with Crippen LogP contribution in [0.5, 0.6) is 5.75 Å². The van der Waals surface area contributed by atoms with Crippen molar-refractivity contribution in [1.82, 2.24) is 14.9 Å². The van der Waals surface area contributed by atoms with Gasteiger partial charge in [-0.05, 0) is 53.9 Å². The van der Waals surface area contributed by atoms with Crippen LogP contribution in [0.25, 0.3) is 10.9 Å². The van der Waals surface area contributed by atoms with E-state index >= 15 is 0 Å². The van der Waals surface area contributed by atoms with Gasteiger partial charge in [-0.3, -0.25) is 9.78 Å². The minimum absolute atomic E-state index is 0.0324. The number of rotatable bonds is 8. The summed E-state index contributed by atoms with van der Waals surface area (Å²) in [6.45, 7) is 0.927. The summed E-state index contributed by atoms with van der Waals surface area (Å²) in [5.41, 5.74) is 9.77. The molecule has 8 heteroatoms. The van der Waals surface area contributed by atoms with Crippen molar-refractivity contribution in [3.8, 4) is 5.75 Å². The first kappa shape index (κ1) is 21.9. The van der Waals surface area contributed by atoms with Crippen LogP contribution in [0.2, 0.25) is 0 Å². The molecule has 0 aliphatic rings. The van der Waals surface area contributed by atoms with Crippen molar-refractivity contribution in [1.29, 1.82) is 0 Å². The van der Waals surface area contributed by atoms with Gasteiger partial charge in [-0.25, -0.2) is 0 Å². The summed E-state index contributed by atoms with van der Waals surface area (Å²) in [7, 11) is 1.61. The molecule has 4 aromatic rings. The molecule has 4 N–H and O–H groups in total. The Bertz CT molecular complexity index is 1300. The first-order chi connectivity index (χ1) is 16.1. The quantitative estimate of drug-likeness (QED) is 0.167. The van der Waals surface area contributed by atoms with Crippen LogP contribution < -0.4 is 15.8 Å². The maximum atomic E-state index is 13.2. The SMILES string of the molecule is COc1cccc2c1cc(C(=O)NCCc1ccncc1)n2Cc1cccc(C(N)=NO)c1. The molecule has 8 nitrogen and oxygen atoms in total. The van der Waals surface area contributed by atoms with E-state index in [4.69, 9.17) is 15.7 Å². The van der Waals surface area contributed by atoms with Gasteiger partial charge in [0.1, 0.15) is 11.4 Å². The second-order valence-electron chi connectivity index (χ2n) is 7.56. The normalized spacial score (nSPS) is 11.5. The molecule has 0 spiro atoms. The minimum atomic E-state index is -0.171. The number of amidine groups is 1. The monoisotopic (exact) mass is 443 g/mol. The molecule has 0 bridgehead atoms. The fourth-order valence-corrected chi connectivity index (χ4v) is 3.82. The molecule has 0 saturated carbocycles. The van der Waals surface area contributed by atoms with Gasteiger partial charge in [0, 0.05) is 36.4 Å². The summed E-state index contributed by atoms with van der Waals surface area (Å²) in [4.78, 5) is 17.2. The van der Waals surface area contributed by atoms with Crippen LogP contribution in [-0.2, 0) is 13.0 Å². The lowest BCUT2D eigenvalue weighted by Gasteiger charge is -2.12. The highest BCUT2D eigenvalue weighted by Gasteiger charge is 2.18. The zero-order valence-corrected chi connectivity index (χ0v) is 18.2. The lowest BCUT2D eigenvalue weighted by atomic mass is 10.1. The second-order valence-corrected chi connectivity index (χ2v) is 7.56. The smallest absolute Gasteiger partial charge is 0.267 e. The molecule has 0 saturated heterocycles. The van der Waals surface area contributed by atoms with Gasteiger partial charge in [0.25, 0.3) is 5.91 Å². The van der Waals surface area contributed by atoms with E-state index < -0.39 is 0 Å². The Morgan fingerprint density at radius 3 is 2.67 bits per heavy atom. The first-order valence-electron chi connectivity index (χ1n) is 10.5. The Morgan fingerprint density at radius 2 is 1.91 bits per heavy atom. The topological polar surface area (TPSA) is 115 Å². The van der Waals surface area contributed by atoms with Crippen molar-refractivity contribution < 1.29 is 14.7 Å². The molecule has 2 aromatic heterocycles. The van der Waals surface area contributed by atoms with Crippen molar-refractivity contribution in [3.63, 3.8) is 0 Å². The van der Waals surface area contributed by atoms with Gasteiger partial charge in [0.15, 0.2) is 5.84 Å². The molecule has 0 aliphatic heterocycles. The van der Waals surface area contributed by atoms with Crippen molar-refractivity contribution in [3.05, 3.63) is 95.4 Å². The number of ether oxygens (including phenoxy) is 1. The number of nitrogens with two attached hydrogens (primary N) is 1. The number of carbonyl (C=O) groups is 1. The van der Waals surface area contributed by atoms with E-state index in [1.807, 2.05) is 59.2 Å². The number of amides is 1. The molecule has 0 unspecified atom stereocenters.